The first kappa shape index (κ1) is 18.3. The van der Waals surface area contributed by atoms with Gasteiger partial charge in [-0.05, 0) is 12.1 Å². The lowest BCUT2D eigenvalue weighted by atomic mass is 9.99. The first-order valence-corrected chi connectivity index (χ1v) is 10.8. The lowest BCUT2D eigenvalue weighted by molar-refractivity contribution is 0.342. The van der Waals surface area contributed by atoms with E-state index in [0.717, 1.165) is 28.1 Å². The first-order chi connectivity index (χ1) is 12.9. The van der Waals surface area contributed by atoms with E-state index in [2.05, 4.69) is 0 Å². The van der Waals surface area contributed by atoms with Gasteiger partial charge in [0.15, 0.2) is 5.82 Å². The molecule has 1 aliphatic heterocycles. The number of hydrogen-bond acceptors (Lipinski definition) is 4. The number of benzene rings is 2. The third-order valence-electron chi connectivity index (χ3n) is 4.64. The highest BCUT2D eigenvalue weighted by molar-refractivity contribution is 7.94. The van der Waals surface area contributed by atoms with Crippen molar-refractivity contribution in [3.8, 4) is 22.6 Å². The molecule has 4 rings (SSSR count). The Balaban J connectivity index is 1.88. The second kappa shape index (κ2) is 7.13. The topological polar surface area (TPSA) is 69.2 Å². The van der Waals surface area contributed by atoms with Crippen LogP contribution in [0.3, 0.4) is 0 Å². The van der Waals surface area contributed by atoms with Crippen LogP contribution in [0.15, 0.2) is 54.6 Å². The Morgan fingerprint density at radius 3 is 2.41 bits per heavy atom. The first-order valence-electron chi connectivity index (χ1n) is 8.58. The summed E-state index contributed by atoms with van der Waals surface area (Å²) in [7, 11) is -3.28. The Morgan fingerprint density at radius 2 is 1.74 bits per heavy atom. The fourth-order valence-electron chi connectivity index (χ4n) is 3.24. The highest BCUT2D eigenvalue weighted by Crippen LogP contribution is 2.32. The lowest BCUT2D eigenvalue weighted by Gasteiger charge is -2.30. The highest BCUT2D eigenvalue weighted by Gasteiger charge is 2.30. The molecule has 0 fully saturated rings. The third kappa shape index (κ3) is 3.80. The molecule has 138 valence electrons. The van der Waals surface area contributed by atoms with Crippen LogP contribution in [0, 0.1) is 0 Å². The molecule has 0 saturated carbocycles. The van der Waals surface area contributed by atoms with Gasteiger partial charge in [-0.3, -0.25) is 0 Å². The molecule has 1 aliphatic rings. The normalized spacial score (nSPS) is 16.6. The van der Waals surface area contributed by atoms with Gasteiger partial charge in [-0.15, -0.1) is 4.31 Å². The van der Waals surface area contributed by atoms with Crippen molar-refractivity contribution >= 4 is 22.0 Å². The van der Waals surface area contributed by atoms with E-state index in [0.29, 0.717) is 23.8 Å². The van der Waals surface area contributed by atoms with Crippen LogP contribution in [-0.2, 0) is 27.6 Å². The maximum atomic E-state index is 12.0. The van der Waals surface area contributed by atoms with Gasteiger partial charge in [0.05, 0.1) is 17.9 Å². The van der Waals surface area contributed by atoms with Crippen LogP contribution in [0.1, 0.15) is 11.3 Å². The minimum atomic E-state index is -3.28. The molecule has 2 heterocycles. The fourth-order valence-corrected chi connectivity index (χ4v) is 4.15. The van der Waals surface area contributed by atoms with E-state index in [1.54, 1.807) is 0 Å². The van der Waals surface area contributed by atoms with Gasteiger partial charge in [0.25, 0.3) is 0 Å². The van der Waals surface area contributed by atoms with Crippen LogP contribution in [0.4, 0.5) is 0 Å². The Hall–Kier alpha value is -2.12. The molecule has 5 nitrogen and oxygen atoms in total. The maximum Gasteiger partial charge on any atom is 0.160 e. The van der Waals surface area contributed by atoms with Gasteiger partial charge in [0.1, 0.15) is 16.7 Å². The molecule has 0 radical (unpaired) electrons. The number of aromatic nitrogens is 2. The summed E-state index contributed by atoms with van der Waals surface area (Å²) in [6, 6.07) is 17.2. The van der Waals surface area contributed by atoms with Crippen molar-refractivity contribution in [2.24, 2.45) is 0 Å². The molecule has 1 atom stereocenters. The average Bonchev–Trinajstić information content (AvgIpc) is 2.67. The second-order valence-corrected chi connectivity index (χ2v) is 8.96. The number of sulfonamides is 1. The van der Waals surface area contributed by atoms with Crippen LogP contribution in [0.5, 0.6) is 0 Å². The summed E-state index contributed by atoms with van der Waals surface area (Å²) in [6.45, 7) is 0.707. The van der Waals surface area contributed by atoms with E-state index in [4.69, 9.17) is 21.6 Å². The number of fused-ring (bicyclic) bond motifs is 1. The van der Waals surface area contributed by atoms with Crippen molar-refractivity contribution in [1.29, 1.82) is 0 Å². The summed E-state index contributed by atoms with van der Waals surface area (Å²) in [5, 5.41) is 0.641. The molecule has 0 bridgehead atoms. The molecule has 0 amide bonds. The van der Waals surface area contributed by atoms with E-state index < -0.39 is 10.4 Å². The Kier molecular flexibility index (Phi) is 4.82. The van der Waals surface area contributed by atoms with E-state index in [-0.39, 0.29) is 6.54 Å². The summed E-state index contributed by atoms with van der Waals surface area (Å²) < 4.78 is 25.6. The maximum absolute atomic E-state index is 12.0. The second-order valence-electron chi connectivity index (χ2n) is 6.54. The number of rotatable bonds is 3. The van der Waals surface area contributed by atoms with E-state index in [1.807, 2.05) is 54.6 Å². The van der Waals surface area contributed by atoms with E-state index >= 15 is 0 Å². The van der Waals surface area contributed by atoms with Crippen molar-refractivity contribution in [3.63, 3.8) is 0 Å². The molecule has 0 saturated heterocycles. The van der Waals surface area contributed by atoms with Crippen molar-refractivity contribution < 1.29 is 8.76 Å². The molecule has 1 aromatic heterocycles. The van der Waals surface area contributed by atoms with Gasteiger partial charge in [0, 0.05) is 34.7 Å². The molecular weight excluding hydrogens is 382 g/mol. The molecule has 0 spiro atoms. The zero-order valence-electron chi connectivity index (χ0n) is 14.8. The minimum absolute atomic E-state index is 0.279. The van der Waals surface area contributed by atoms with Gasteiger partial charge < -0.3 is 4.55 Å². The third-order valence-corrected chi connectivity index (χ3v) is 6.15. The minimum Gasteiger partial charge on any atom is -0.598 e. The zero-order valence-corrected chi connectivity index (χ0v) is 16.3. The summed E-state index contributed by atoms with van der Waals surface area (Å²) in [5.41, 5.74) is 4.33. The average molecular weight is 400 g/mol. The molecule has 3 aromatic rings. The molecule has 7 heteroatoms. The highest BCUT2D eigenvalue weighted by atomic mass is 35.5. The fraction of sp³-hybridized carbons (Fsp3) is 0.200. The van der Waals surface area contributed by atoms with Crippen LogP contribution in [0.2, 0.25) is 5.02 Å². The number of nitrogens with zero attached hydrogens (tertiary/aromatic N) is 3. The Bertz CT molecular complexity index is 1020. The van der Waals surface area contributed by atoms with Crippen LogP contribution >= 0.6 is 11.6 Å². The molecule has 0 N–H and O–H groups in total. The van der Waals surface area contributed by atoms with E-state index in [9.17, 15) is 8.76 Å². The van der Waals surface area contributed by atoms with Crippen LogP contribution in [0.25, 0.3) is 22.6 Å². The molecule has 0 aliphatic carbocycles. The van der Waals surface area contributed by atoms with Gasteiger partial charge in [-0.25, -0.2) is 9.97 Å². The molecule has 27 heavy (non-hydrogen) atoms. The standard InChI is InChI=1S/C20H18ClN3O2S/c1-27(25,26)24-12-11-18-17(13-24)19(14-7-9-16(21)10-8-14)23-20(22-18)15-5-3-2-4-6-15/h2-10H,11-13H2,1H3. The Morgan fingerprint density at radius 1 is 1.04 bits per heavy atom. The predicted molar refractivity (Wildman–Crippen MR) is 107 cm³/mol. The number of hydrogen-bond donors (Lipinski definition) is 0. The SMILES string of the molecule is C[S+](=O)([O-])N1CCc2nc(-c3ccccc3)nc(-c3ccc(Cl)cc3)c2C1. The van der Waals surface area contributed by atoms with Crippen LogP contribution < -0.4 is 0 Å². The number of halogens is 1. The van der Waals surface area contributed by atoms with Gasteiger partial charge >= 0.3 is 0 Å². The lowest BCUT2D eigenvalue weighted by Crippen LogP contribution is -2.39. The summed E-state index contributed by atoms with van der Waals surface area (Å²) >= 11 is 6.03. The van der Waals surface area contributed by atoms with Crippen molar-refractivity contribution in [2.45, 2.75) is 13.0 Å². The van der Waals surface area contributed by atoms with Crippen molar-refractivity contribution in [1.82, 2.24) is 14.3 Å². The summed E-state index contributed by atoms with van der Waals surface area (Å²) in [5.74, 6) is 0.645. The van der Waals surface area contributed by atoms with Crippen LogP contribution in [-0.4, -0.2) is 31.6 Å². The Labute approximate surface area is 164 Å². The summed E-state index contributed by atoms with van der Waals surface area (Å²) in [6.07, 6.45) is 1.80. The van der Waals surface area contributed by atoms with E-state index in [1.165, 1.54) is 10.6 Å². The molecular formula is C20H18ClN3O2S. The monoisotopic (exact) mass is 399 g/mol. The van der Waals surface area contributed by atoms with Gasteiger partial charge in [-0.1, -0.05) is 58.3 Å². The smallest absolute Gasteiger partial charge is 0.160 e. The van der Waals surface area contributed by atoms with Gasteiger partial charge in [0.2, 0.25) is 0 Å². The summed E-state index contributed by atoms with van der Waals surface area (Å²) in [4.78, 5) is 9.54. The largest absolute Gasteiger partial charge is 0.598 e. The molecule has 2 aromatic carbocycles. The zero-order chi connectivity index (χ0) is 19.0. The quantitative estimate of drug-likeness (QED) is 0.624. The van der Waals surface area contributed by atoms with Gasteiger partial charge in [-0.2, -0.15) is 0 Å². The predicted octanol–water partition coefficient (Wildman–Crippen LogP) is 4.00. The van der Waals surface area contributed by atoms with Crippen molar-refractivity contribution in [2.75, 3.05) is 12.8 Å². The van der Waals surface area contributed by atoms with Crippen molar-refractivity contribution in [3.05, 3.63) is 70.9 Å². The molecule has 1 unspecified atom stereocenters.